The highest BCUT2D eigenvalue weighted by Crippen LogP contribution is 2.20. The van der Waals surface area contributed by atoms with Crippen LogP contribution in [-0.4, -0.2) is 42.0 Å². The SMILES string of the molecule is CCS(=O)(=O)N1CCC(C(=O)N=c2ccccn2Cc2ccc(C)cc2)CC1. The highest BCUT2D eigenvalue weighted by atomic mass is 32.2. The van der Waals surface area contributed by atoms with Crippen LogP contribution in [0.4, 0.5) is 0 Å². The number of carbonyl (C=O) groups is 1. The molecule has 6 nitrogen and oxygen atoms in total. The van der Waals surface area contributed by atoms with Gasteiger partial charge in [-0.3, -0.25) is 4.79 Å². The van der Waals surface area contributed by atoms with Crippen LogP contribution in [0.2, 0.25) is 0 Å². The number of pyridine rings is 1. The van der Waals surface area contributed by atoms with E-state index in [0.717, 1.165) is 5.56 Å². The van der Waals surface area contributed by atoms with Crippen molar-refractivity contribution in [2.24, 2.45) is 10.9 Å². The molecule has 1 aliphatic heterocycles. The lowest BCUT2D eigenvalue weighted by molar-refractivity contribution is -0.122. The van der Waals surface area contributed by atoms with Crippen molar-refractivity contribution in [1.29, 1.82) is 0 Å². The van der Waals surface area contributed by atoms with Crippen LogP contribution < -0.4 is 5.49 Å². The zero-order chi connectivity index (χ0) is 20.1. The van der Waals surface area contributed by atoms with E-state index in [-0.39, 0.29) is 17.6 Å². The summed E-state index contributed by atoms with van der Waals surface area (Å²) < 4.78 is 27.4. The van der Waals surface area contributed by atoms with Gasteiger partial charge in [0.05, 0.1) is 5.75 Å². The molecule has 2 aromatic rings. The minimum Gasteiger partial charge on any atom is -0.328 e. The van der Waals surface area contributed by atoms with Crippen molar-refractivity contribution < 1.29 is 13.2 Å². The number of piperidine rings is 1. The topological polar surface area (TPSA) is 71.7 Å². The van der Waals surface area contributed by atoms with Gasteiger partial charge >= 0.3 is 0 Å². The minimum atomic E-state index is -3.19. The van der Waals surface area contributed by atoms with E-state index in [9.17, 15) is 13.2 Å². The number of aromatic nitrogens is 1. The van der Waals surface area contributed by atoms with E-state index in [1.165, 1.54) is 9.87 Å². The van der Waals surface area contributed by atoms with Gasteiger partial charge in [0.2, 0.25) is 10.0 Å². The van der Waals surface area contributed by atoms with E-state index in [1.54, 1.807) is 6.92 Å². The largest absolute Gasteiger partial charge is 0.328 e. The Balaban J connectivity index is 1.73. The molecule has 3 rings (SSSR count). The Kier molecular flexibility index (Phi) is 6.46. The van der Waals surface area contributed by atoms with Gasteiger partial charge in [0.15, 0.2) is 0 Å². The van der Waals surface area contributed by atoms with Crippen molar-refractivity contribution in [1.82, 2.24) is 8.87 Å². The molecule has 28 heavy (non-hydrogen) atoms. The first kappa shape index (κ1) is 20.5. The van der Waals surface area contributed by atoms with Crippen molar-refractivity contribution in [3.63, 3.8) is 0 Å². The molecule has 1 aliphatic rings. The maximum atomic E-state index is 12.7. The fraction of sp³-hybridized carbons (Fsp3) is 0.429. The molecule has 0 aliphatic carbocycles. The molecular weight excluding hydrogens is 374 g/mol. The summed E-state index contributed by atoms with van der Waals surface area (Å²) >= 11 is 0. The molecule has 0 radical (unpaired) electrons. The van der Waals surface area contributed by atoms with Gasteiger partial charge in [0.25, 0.3) is 5.91 Å². The van der Waals surface area contributed by atoms with E-state index < -0.39 is 10.0 Å². The predicted molar refractivity (Wildman–Crippen MR) is 109 cm³/mol. The zero-order valence-electron chi connectivity index (χ0n) is 16.4. The van der Waals surface area contributed by atoms with Crippen molar-refractivity contribution in [3.8, 4) is 0 Å². The highest BCUT2D eigenvalue weighted by molar-refractivity contribution is 7.89. The van der Waals surface area contributed by atoms with Crippen LogP contribution in [0.15, 0.2) is 53.7 Å². The minimum absolute atomic E-state index is 0.0962. The van der Waals surface area contributed by atoms with E-state index in [2.05, 4.69) is 36.2 Å². The van der Waals surface area contributed by atoms with E-state index in [4.69, 9.17) is 0 Å². The molecule has 2 heterocycles. The summed E-state index contributed by atoms with van der Waals surface area (Å²) in [6.45, 7) is 5.11. The molecular formula is C21H27N3O3S. The number of hydrogen-bond acceptors (Lipinski definition) is 3. The van der Waals surface area contributed by atoms with Gasteiger partial charge in [-0.25, -0.2) is 12.7 Å². The summed E-state index contributed by atoms with van der Waals surface area (Å²) in [7, 11) is -3.19. The molecule has 0 bridgehead atoms. The third-order valence-corrected chi connectivity index (χ3v) is 7.06. The Morgan fingerprint density at radius 2 is 1.79 bits per heavy atom. The fourth-order valence-electron chi connectivity index (χ4n) is 3.36. The van der Waals surface area contributed by atoms with Gasteiger partial charge in [-0.15, -0.1) is 0 Å². The van der Waals surface area contributed by atoms with Gasteiger partial charge in [-0.1, -0.05) is 35.9 Å². The average Bonchev–Trinajstić information content (AvgIpc) is 2.71. The van der Waals surface area contributed by atoms with E-state index in [0.29, 0.717) is 38.0 Å². The van der Waals surface area contributed by atoms with Gasteiger partial charge in [-0.05, 0) is 44.4 Å². The third kappa shape index (κ3) is 4.97. The fourth-order valence-corrected chi connectivity index (χ4v) is 4.49. The molecule has 1 fully saturated rings. The standard InChI is InChI=1S/C21H27N3O3S/c1-3-28(26,27)24-14-11-19(12-15-24)21(25)22-20-6-4-5-13-23(20)16-18-9-7-17(2)8-10-18/h4-10,13,19H,3,11-12,14-16H2,1-2H3. The quantitative estimate of drug-likeness (QED) is 0.772. The van der Waals surface area contributed by atoms with E-state index >= 15 is 0 Å². The van der Waals surface area contributed by atoms with Crippen molar-refractivity contribution in [3.05, 3.63) is 65.3 Å². The van der Waals surface area contributed by atoms with Crippen LogP contribution in [0, 0.1) is 12.8 Å². The number of benzene rings is 1. The van der Waals surface area contributed by atoms with Crippen LogP contribution >= 0.6 is 0 Å². The third-order valence-electron chi connectivity index (χ3n) is 5.18. The summed E-state index contributed by atoms with van der Waals surface area (Å²) in [6.07, 6.45) is 2.96. The van der Waals surface area contributed by atoms with Gasteiger partial charge < -0.3 is 4.57 Å². The van der Waals surface area contributed by atoms with Gasteiger partial charge in [0, 0.05) is 31.7 Å². The lowest BCUT2D eigenvalue weighted by Gasteiger charge is -2.29. The van der Waals surface area contributed by atoms with Crippen LogP contribution in [-0.2, 0) is 21.4 Å². The number of sulfonamides is 1. The Labute approximate surface area is 166 Å². The molecule has 0 saturated carbocycles. The number of aryl methyl sites for hydroxylation is 1. The maximum absolute atomic E-state index is 12.7. The monoisotopic (exact) mass is 401 g/mol. The first-order chi connectivity index (χ1) is 13.4. The van der Waals surface area contributed by atoms with Crippen molar-refractivity contribution in [2.75, 3.05) is 18.8 Å². The Bertz CT molecular complexity index is 986. The Hall–Kier alpha value is -2.25. The summed E-state index contributed by atoms with van der Waals surface area (Å²) in [5.41, 5.74) is 2.97. The molecule has 0 unspecified atom stereocenters. The smallest absolute Gasteiger partial charge is 0.250 e. The average molecular weight is 402 g/mol. The summed E-state index contributed by atoms with van der Waals surface area (Å²) in [5.74, 6) is -0.298. The Morgan fingerprint density at radius 3 is 2.43 bits per heavy atom. The zero-order valence-corrected chi connectivity index (χ0v) is 17.2. The number of hydrogen-bond donors (Lipinski definition) is 0. The number of amides is 1. The molecule has 0 spiro atoms. The maximum Gasteiger partial charge on any atom is 0.250 e. The highest BCUT2D eigenvalue weighted by Gasteiger charge is 2.29. The lowest BCUT2D eigenvalue weighted by Crippen LogP contribution is -2.41. The molecule has 150 valence electrons. The molecule has 1 aromatic carbocycles. The first-order valence-corrected chi connectivity index (χ1v) is 11.3. The van der Waals surface area contributed by atoms with E-state index in [1.807, 2.05) is 29.0 Å². The molecule has 1 saturated heterocycles. The second-order valence-corrected chi connectivity index (χ2v) is 9.45. The van der Waals surface area contributed by atoms with Crippen LogP contribution in [0.3, 0.4) is 0 Å². The van der Waals surface area contributed by atoms with Crippen molar-refractivity contribution >= 4 is 15.9 Å². The Morgan fingerprint density at radius 1 is 1.11 bits per heavy atom. The van der Waals surface area contributed by atoms with Gasteiger partial charge in [-0.2, -0.15) is 4.99 Å². The normalized spacial score (nSPS) is 17.0. The second-order valence-electron chi connectivity index (χ2n) is 7.20. The predicted octanol–water partition coefficient (Wildman–Crippen LogP) is 2.33. The van der Waals surface area contributed by atoms with Gasteiger partial charge in [0.1, 0.15) is 5.49 Å². The second kappa shape index (κ2) is 8.84. The number of rotatable bonds is 5. The number of carbonyl (C=O) groups excluding carboxylic acids is 1. The molecule has 1 aromatic heterocycles. The first-order valence-electron chi connectivity index (χ1n) is 9.66. The summed E-state index contributed by atoms with van der Waals surface area (Å²) in [5, 5.41) is 0. The summed E-state index contributed by atoms with van der Waals surface area (Å²) in [6, 6.07) is 13.9. The molecule has 0 atom stereocenters. The number of nitrogens with zero attached hydrogens (tertiary/aromatic N) is 3. The molecule has 1 amide bonds. The summed E-state index contributed by atoms with van der Waals surface area (Å²) in [4.78, 5) is 17.1. The molecule has 7 heteroatoms. The van der Waals surface area contributed by atoms with Crippen molar-refractivity contribution in [2.45, 2.75) is 33.2 Å². The molecule has 0 N–H and O–H groups in total. The van der Waals surface area contributed by atoms with Crippen LogP contribution in [0.1, 0.15) is 30.9 Å². The van der Waals surface area contributed by atoms with Crippen LogP contribution in [0.25, 0.3) is 0 Å². The lowest BCUT2D eigenvalue weighted by atomic mass is 9.97. The van der Waals surface area contributed by atoms with Crippen LogP contribution in [0.5, 0.6) is 0 Å².